The highest BCUT2D eigenvalue weighted by molar-refractivity contribution is 6.30. The average Bonchev–Trinajstić information content (AvgIpc) is 3.47. The monoisotopic (exact) mass is 544 g/mol. The summed E-state index contributed by atoms with van der Waals surface area (Å²) in [4.78, 5) is 37.1. The van der Waals surface area contributed by atoms with E-state index in [1.165, 1.54) is 0 Å². The summed E-state index contributed by atoms with van der Waals surface area (Å²) in [7, 11) is 0. The molecule has 38 heavy (non-hydrogen) atoms. The van der Waals surface area contributed by atoms with Crippen LogP contribution in [0, 0.1) is 10.8 Å². The normalized spacial score (nSPS) is 19.8. The first-order valence-electron chi connectivity index (χ1n) is 13.1. The van der Waals surface area contributed by atoms with E-state index >= 15 is 0 Å². The van der Waals surface area contributed by atoms with Crippen LogP contribution < -0.4 is 16.4 Å². The van der Waals surface area contributed by atoms with Crippen molar-refractivity contribution in [3.8, 4) is 0 Å². The number of amides is 3. The van der Waals surface area contributed by atoms with Gasteiger partial charge in [-0.3, -0.25) is 19.1 Å². The van der Waals surface area contributed by atoms with E-state index in [-0.39, 0.29) is 29.6 Å². The highest BCUT2D eigenvalue weighted by Crippen LogP contribution is 2.47. The van der Waals surface area contributed by atoms with Crippen LogP contribution in [0.4, 0.5) is 0 Å². The number of aromatic nitrogens is 3. The summed E-state index contributed by atoms with van der Waals surface area (Å²) in [5.74, 6) is -1.36. The summed E-state index contributed by atoms with van der Waals surface area (Å²) in [5, 5.41) is 25.8. The number of nitrogens with one attached hydrogen (secondary N) is 2. The first-order chi connectivity index (χ1) is 17.9. The van der Waals surface area contributed by atoms with Gasteiger partial charge in [0.15, 0.2) is 0 Å². The molecule has 1 aromatic carbocycles. The van der Waals surface area contributed by atoms with E-state index in [2.05, 4.69) is 34.8 Å². The summed E-state index contributed by atoms with van der Waals surface area (Å²) >= 11 is 5.89. The third kappa shape index (κ3) is 7.11. The van der Waals surface area contributed by atoms with Gasteiger partial charge in [0.1, 0.15) is 17.3 Å². The number of halogens is 1. The molecular formula is C27H37ClN6O4. The Balaban J connectivity index is 1.34. The molecule has 1 aromatic heterocycles. The van der Waals surface area contributed by atoms with Gasteiger partial charge in [-0.1, -0.05) is 30.7 Å². The van der Waals surface area contributed by atoms with E-state index in [1.807, 2.05) is 6.20 Å². The number of carbonyl (C=O) groups excluding carboxylic acids is 3. The van der Waals surface area contributed by atoms with Crippen molar-refractivity contribution in [1.82, 2.24) is 25.6 Å². The number of hydrogen-bond acceptors (Lipinski definition) is 6. The Kier molecular flexibility index (Phi) is 8.13. The Bertz CT molecular complexity index is 1160. The van der Waals surface area contributed by atoms with Crippen molar-refractivity contribution in [2.75, 3.05) is 6.54 Å². The maximum Gasteiger partial charge on any atom is 0.251 e. The molecule has 3 amide bonds. The van der Waals surface area contributed by atoms with Crippen LogP contribution in [0.5, 0.6) is 0 Å². The van der Waals surface area contributed by atoms with Gasteiger partial charge >= 0.3 is 0 Å². The van der Waals surface area contributed by atoms with Crippen molar-refractivity contribution in [3.63, 3.8) is 0 Å². The van der Waals surface area contributed by atoms with Crippen molar-refractivity contribution in [2.24, 2.45) is 16.6 Å². The van der Waals surface area contributed by atoms with E-state index in [4.69, 9.17) is 17.3 Å². The minimum absolute atomic E-state index is 0.0358. The molecule has 10 nitrogen and oxygen atoms in total. The molecule has 0 aliphatic heterocycles. The van der Waals surface area contributed by atoms with Crippen molar-refractivity contribution < 1.29 is 19.5 Å². The predicted octanol–water partition coefficient (Wildman–Crippen LogP) is 2.68. The van der Waals surface area contributed by atoms with Gasteiger partial charge in [0.2, 0.25) is 11.8 Å². The number of nitrogens with zero attached hydrogens (tertiary/aromatic N) is 3. The number of nitrogens with two attached hydrogens (primary N) is 1. The third-order valence-corrected chi connectivity index (χ3v) is 8.20. The van der Waals surface area contributed by atoms with Crippen LogP contribution >= 0.6 is 11.6 Å². The molecule has 1 atom stereocenters. The lowest BCUT2D eigenvalue weighted by molar-refractivity contribution is -0.123. The van der Waals surface area contributed by atoms with Crippen LogP contribution in [0.15, 0.2) is 30.5 Å². The Hall–Kier alpha value is -2.98. The zero-order valence-electron chi connectivity index (χ0n) is 22.0. The van der Waals surface area contributed by atoms with Crippen LogP contribution in [0.3, 0.4) is 0 Å². The quantitative estimate of drug-likeness (QED) is 0.341. The summed E-state index contributed by atoms with van der Waals surface area (Å²) in [6.45, 7) is 5.39. The first kappa shape index (κ1) is 28.0. The summed E-state index contributed by atoms with van der Waals surface area (Å²) in [5.41, 5.74) is 5.34. The van der Waals surface area contributed by atoms with Gasteiger partial charge in [0, 0.05) is 35.5 Å². The van der Waals surface area contributed by atoms with Gasteiger partial charge in [-0.25, -0.2) is 0 Å². The topological polar surface area (TPSA) is 152 Å². The summed E-state index contributed by atoms with van der Waals surface area (Å²) in [6.07, 6.45) is 6.87. The molecule has 4 rings (SSSR count). The molecule has 2 fully saturated rings. The third-order valence-electron chi connectivity index (χ3n) is 7.95. The van der Waals surface area contributed by atoms with Gasteiger partial charge in [0.05, 0.1) is 6.20 Å². The number of rotatable bonds is 11. The van der Waals surface area contributed by atoms with E-state index in [9.17, 15) is 19.5 Å². The molecule has 206 valence electrons. The highest BCUT2D eigenvalue weighted by Gasteiger charge is 2.45. The van der Waals surface area contributed by atoms with Gasteiger partial charge < -0.3 is 21.5 Å². The van der Waals surface area contributed by atoms with Crippen LogP contribution in [-0.4, -0.2) is 50.4 Å². The summed E-state index contributed by atoms with van der Waals surface area (Å²) < 4.78 is 1.75. The zero-order valence-corrected chi connectivity index (χ0v) is 22.8. The van der Waals surface area contributed by atoms with Crippen LogP contribution in [0.2, 0.25) is 5.02 Å². The lowest BCUT2D eigenvalue weighted by atomic mass is 9.70. The van der Waals surface area contributed by atoms with Crippen molar-refractivity contribution in [2.45, 2.75) is 83.4 Å². The van der Waals surface area contributed by atoms with Crippen LogP contribution in [0.1, 0.15) is 81.3 Å². The lowest BCUT2D eigenvalue weighted by Crippen LogP contribution is -2.48. The minimum Gasteiger partial charge on any atom is -0.383 e. The molecule has 0 bridgehead atoms. The Morgan fingerprint density at radius 2 is 1.76 bits per heavy atom. The fourth-order valence-corrected chi connectivity index (χ4v) is 5.02. The molecule has 0 saturated heterocycles. The minimum atomic E-state index is -0.950. The SMILES string of the molecule is CC1(C)CCC(O)(c2cn(CC3(CNC(=O)C(CCC(N)=O)NC(=O)c4ccc(Cl)cc4)CC3)nn2)CC1. The summed E-state index contributed by atoms with van der Waals surface area (Å²) in [6, 6.07) is 5.40. The van der Waals surface area contributed by atoms with E-state index in [0.717, 1.165) is 25.7 Å². The van der Waals surface area contributed by atoms with Gasteiger partial charge in [-0.05, 0) is 74.6 Å². The lowest BCUT2D eigenvalue weighted by Gasteiger charge is -2.39. The number of aliphatic hydroxyl groups is 1. The average molecular weight is 545 g/mol. The van der Waals surface area contributed by atoms with Crippen molar-refractivity contribution >= 4 is 29.3 Å². The molecule has 11 heteroatoms. The molecular weight excluding hydrogens is 508 g/mol. The second-order valence-corrected chi connectivity index (χ2v) is 12.2. The molecule has 2 aromatic rings. The van der Waals surface area contributed by atoms with Gasteiger partial charge in [0.25, 0.3) is 5.91 Å². The molecule has 1 unspecified atom stereocenters. The zero-order chi connectivity index (χ0) is 27.6. The Labute approximate surface area is 227 Å². The fraction of sp³-hybridized carbons (Fsp3) is 0.593. The molecule has 0 spiro atoms. The molecule has 2 aliphatic rings. The molecule has 5 N–H and O–H groups in total. The first-order valence-corrected chi connectivity index (χ1v) is 13.5. The number of carbonyl (C=O) groups is 3. The standard InChI is InChI=1S/C27H37ClN6O4/c1-25(2)9-13-27(38,14-10-25)21-15-34(33-32-21)17-26(11-12-26)16-30-24(37)20(7-8-22(29)35)31-23(36)18-3-5-19(28)6-4-18/h3-6,15,20,38H,7-14,16-17H2,1-2H3,(H2,29,35)(H,30,37)(H,31,36). The number of benzene rings is 1. The van der Waals surface area contributed by atoms with Crippen molar-refractivity contribution in [3.05, 3.63) is 46.7 Å². The maximum absolute atomic E-state index is 13.0. The van der Waals surface area contributed by atoms with Crippen LogP contribution in [-0.2, 0) is 21.7 Å². The molecule has 2 saturated carbocycles. The molecule has 0 radical (unpaired) electrons. The molecule has 1 heterocycles. The smallest absolute Gasteiger partial charge is 0.251 e. The van der Waals surface area contributed by atoms with Gasteiger partial charge in [-0.2, -0.15) is 0 Å². The van der Waals surface area contributed by atoms with Crippen LogP contribution in [0.25, 0.3) is 0 Å². The number of hydrogen-bond donors (Lipinski definition) is 4. The van der Waals surface area contributed by atoms with Crippen molar-refractivity contribution in [1.29, 1.82) is 0 Å². The van der Waals surface area contributed by atoms with E-state index in [1.54, 1.807) is 28.9 Å². The fourth-order valence-electron chi connectivity index (χ4n) is 4.89. The maximum atomic E-state index is 13.0. The largest absolute Gasteiger partial charge is 0.383 e. The predicted molar refractivity (Wildman–Crippen MR) is 142 cm³/mol. The number of primary amides is 1. The second kappa shape index (κ2) is 11.0. The van der Waals surface area contributed by atoms with E-state index < -0.39 is 23.5 Å². The molecule has 2 aliphatic carbocycles. The van der Waals surface area contributed by atoms with Gasteiger partial charge in [-0.15, -0.1) is 5.10 Å². The Morgan fingerprint density at radius 1 is 1.11 bits per heavy atom. The second-order valence-electron chi connectivity index (χ2n) is 11.8. The Morgan fingerprint density at radius 3 is 2.37 bits per heavy atom. The highest BCUT2D eigenvalue weighted by atomic mass is 35.5. The van der Waals surface area contributed by atoms with E-state index in [0.29, 0.717) is 42.2 Å².